The Balaban J connectivity index is 2.99. The van der Waals surface area contributed by atoms with E-state index in [1.807, 2.05) is 13.8 Å². The fraction of sp³-hybridized carbons (Fsp3) is 0.462. The number of nitrogens with two attached hydrogens (primary N) is 1. The van der Waals surface area contributed by atoms with E-state index in [0.29, 0.717) is 12.8 Å². The summed E-state index contributed by atoms with van der Waals surface area (Å²) in [6.07, 6.45) is 0.996. The molecule has 1 amide bonds. The zero-order valence-corrected chi connectivity index (χ0v) is 10.9. The number of carbonyl (C=O) groups is 1. The molecular formula is C13H17F3N2O. The number of amides is 1. The van der Waals surface area contributed by atoms with Crippen molar-refractivity contribution in [2.45, 2.75) is 26.7 Å². The molecule has 0 aromatic heterocycles. The standard InChI is InChI=1S/C13H17F3N2O/c1-3-13(4-2,7-17)12(19)18-8-5-9(14)11(16)10(15)6-8/h5-6H,3-4,7,17H2,1-2H3,(H,18,19). The number of rotatable bonds is 5. The first-order valence-electron chi connectivity index (χ1n) is 6.06. The highest BCUT2D eigenvalue weighted by molar-refractivity contribution is 5.95. The molecule has 0 radical (unpaired) electrons. The van der Waals surface area contributed by atoms with Crippen LogP contribution in [0.4, 0.5) is 18.9 Å². The van der Waals surface area contributed by atoms with Crippen molar-refractivity contribution < 1.29 is 18.0 Å². The van der Waals surface area contributed by atoms with E-state index < -0.39 is 28.8 Å². The Bertz CT molecular complexity index is 442. The molecule has 0 atom stereocenters. The lowest BCUT2D eigenvalue weighted by atomic mass is 9.81. The van der Waals surface area contributed by atoms with Gasteiger partial charge in [-0.2, -0.15) is 0 Å². The van der Waals surface area contributed by atoms with Gasteiger partial charge in [0, 0.05) is 24.4 Å². The van der Waals surface area contributed by atoms with E-state index in [2.05, 4.69) is 5.32 Å². The van der Waals surface area contributed by atoms with Crippen LogP contribution in [-0.4, -0.2) is 12.5 Å². The van der Waals surface area contributed by atoms with Crippen LogP contribution >= 0.6 is 0 Å². The number of hydrogen-bond acceptors (Lipinski definition) is 2. The number of halogens is 3. The van der Waals surface area contributed by atoms with E-state index in [-0.39, 0.29) is 12.2 Å². The van der Waals surface area contributed by atoms with Crippen molar-refractivity contribution in [1.29, 1.82) is 0 Å². The average molecular weight is 274 g/mol. The largest absolute Gasteiger partial charge is 0.329 e. The molecule has 0 spiro atoms. The van der Waals surface area contributed by atoms with Gasteiger partial charge in [-0.1, -0.05) is 13.8 Å². The van der Waals surface area contributed by atoms with Gasteiger partial charge in [0.1, 0.15) is 0 Å². The summed E-state index contributed by atoms with van der Waals surface area (Å²) in [5.41, 5.74) is 4.68. The molecule has 106 valence electrons. The first-order valence-corrected chi connectivity index (χ1v) is 6.06. The van der Waals surface area contributed by atoms with Crippen molar-refractivity contribution >= 4 is 11.6 Å². The summed E-state index contributed by atoms with van der Waals surface area (Å²) in [5, 5.41) is 2.38. The summed E-state index contributed by atoms with van der Waals surface area (Å²) >= 11 is 0. The minimum atomic E-state index is -1.56. The third kappa shape index (κ3) is 3.07. The van der Waals surface area contributed by atoms with Crippen LogP contribution < -0.4 is 11.1 Å². The third-order valence-corrected chi connectivity index (χ3v) is 3.47. The molecule has 0 bridgehead atoms. The predicted molar refractivity (Wildman–Crippen MR) is 67.0 cm³/mol. The number of nitrogens with one attached hydrogen (secondary N) is 1. The second-order valence-electron chi connectivity index (χ2n) is 4.40. The SMILES string of the molecule is CCC(CC)(CN)C(=O)Nc1cc(F)c(F)c(F)c1. The Morgan fingerprint density at radius 3 is 2.05 bits per heavy atom. The van der Waals surface area contributed by atoms with Gasteiger partial charge in [0.05, 0.1) is 5.41 Å². The van der Waals surface area contributed by atoms with Crippen LogP contribution in [0.5, 0.6) is 0 Å². The highest BCUT2D eigenvalue weighted by Gasteiger charge is 2.33. The lowest BCUT2D eigenvalue weighted by molar-refractivity contribution is -0.125. The predicted octanol–water partition coefficient (Wildman–Crippen LogP) is 2.81. The first kappa shape index (κ1) is 15.5. The quantitative estimate of drug-likeness (QED) is 0.811. The highest BCUT2D eigenvalue weighted by atomic mass is 19.2. The first-order chi connectivity index (χ1) is 8.90. The van der Waals surface area contributed by atoms with Crippen LogP contribution in [0.1, 0.15) is 26.7 Å². The summed E-state index contributed by atoms with van der Waals surface area (Å²) < 4.78 is 38.9. The second kappa shape index (κ2) is 6.06. The molecule has 0 saturated heterocycles. The summed E-state index contributed by atoms with van der Waals surface area (Å²) in [6.45, 7) is 3.74. The zero-order chi connectivity index (χ0) is 14.6. The Hall–Kier alpha value is -1.56. The lowest BCUT2D eigenvalue weighted by Gasteiger charge is -2.28. The molecular weight excluding hydrogens is 257 g/mol. The summed E-state index contributed by atoms with van der Waals surface area (Å²) in [4.78, 5) is 12.1. The van der Waals surface area contributed by atoms with Gasteiger partial charge in [-0.05, 0) is 12.8 Å². The van der Waals surface area contributed by atoms with Gasteiger partial charge >= 0.3 is 0 Å². The van der Waals surface area contributed by atoms with Crippen molar-refractivity contribution in [2.24, 2.45) is 11.1 Å². The van der Waals surface area contributed by atoms with Gasteiger partial charge in [-0.3, -0.25) is 4.79 Å². The molecule has 19 heavy (non-hydrogen) atoms. The van der Waals surface area contributed by atoms with E-state index in [9.17, 15) is 18.0 Å². The smallest absolute Gasteiger partial charge is 0.231 e. The van der Waals surface area contributed by atoms with E-state index in [1.165, 1.54) is 0 Å². The van der Waals surface area contributed by atoms with Crippen LogP contribution in [0.25, 0.3) is 0 Å². The number of anilines is 1. The van der Waals surface area contributed by atoms with Gasteiger partial charge in [-0.25, -0.2) is 13.2 Å². The van der Waals surface area contributed by atoms with Crippen molar-refractivity contribution in [3.05, 3.63) is 29.6 Å². The van der Waals surface area contributed by atoms with E-state index in [0.717, 1.165) is 12.1 Å². The van der Waals surface area contributed by atoms with Crippen molar-refractivity contribution in [3.63, 3.8) is 0 Å². The van der Waals surface area contributed by atoms with Crippen LogP contribution in [0.2, 0.25) is 0 Å². The fourth-order valence-electron chi connectivity index (χ4n) is 1.84. The maximum absolute atomic E-state index is 13.0. The van der Waals surface area contributed by atoms with E-state index >= 15 is 0 Å². The molecule has 0 aliphatic heterocycles. The van der Waals surface area contributed by atoms with Crippen LogP contribution in [0, 0.1) is 22.9 Å². The molecule has 1 aromatic rings. The molecule has 0 aliphatic rings. The monoisotopic (exact) mass is 274 g/mol. The van der Waals surface area contributed by atoms with Crippen molar-refractivity contribution in [1.82, 2.24) is 0 Å². The summed E-state index contributed by atoms with van der Waals surface area (Å²) in [7, 11) is 0. The molecule has 1 rings (SSSR count). The second-order valence-corrected chi connectivity index (χ2v) is 4.40. The average Bonchev–Trinajstić information content (AvgIpc) is 2.38. The Labute approximate surface area is 110 Å². The minimum Gasteiger partial charge on any atom is -0.329 e. The van der Waals surface area contributed by atoms with Gasteiger partial charge < -0.3 is 11.1 Å². The van der Waals surface area contributed by atoms with Crippen molar-refractivity contribution in [2.75, 3.05) is 11.9 Å². The fourth-order valence-corrected chi connectivity index (χ4v) is 1.84. The zero-order valence-electron chi connectivity index (χ0n) is 10.9. The van der Waals surface area contributed by atoms with Gasteiger partial charge in [0.15, 0.2) is 17.5 Å². The maximum atomic E-state index is 13.0. The molecule has 0 heterocycles. The van der Waals surface area contributed by atoms with E-state index in [4.69, 9.17) is 5.73 Å². The lowest BCUT2D eigenvalue weighted by Crippen LogP contribution is -2.41. The molecule has 3 N–H and O–H groups in total. The number of hydrogen-bond donors (Lipinski definition) is 2. The Kier molecular flexibility index (Phi) is 4.94. The molecule has 3 nitrogen and oxygen atoms in total. The molecule has 0 fully saturated rings. The maximum Gasteiger partial charge on any atom is 0.231 e. The Morgan fingerprint density at radius 2 is 1.68 bits per heavy atom. The molecule has 1 aromatic carbocycles. The van der Waals surface area contributed by atoms with Crippen LogP contribution in [0.3, 0.4) is 0 Å². The number of benzene rings is 1. The minimum absolute atomic E-state index is 0.123. The summed E-state index contributed by atoms with van der Waals surface area (Å²) in [6, 6.07) is 1.48. The Morgan fingerprint density at radius 1 is 1.21 bits per heavy atom. The van der Waals surface area contributed by atoms with E-state index in [1.54, 1.807) is 0 Å². The highest BCUT2D eigenvalue weighted by Crippen LogP contribution is 2.27. The molecule has 0 aliphatic carbocycles. The topological polar surface area (TPSA) is 55.1 Å². The van der Waals surface area contributed by atoms with Crippen molar-refractivity contribution in [3.8, 4) is 0 Å². The van der Waals surface area contributed by atoms with Gasteiger partial charge in [-0.15, -0.1) is 0 Å². The molecule has 0 saturated carbocycles. The molecule has 6 heteroatoms. The summed E-state index contributed by atoms with van der Waals surface area (Å²) in [5.74, 6) is -4.68. The normalized spacial score (nSPS) is 11.5. The van der Waals surface area contributed by atoms with Gasteiger partial charge in [0.25, 0.3) is 0 Å². The molecule has 0 unspecified atom stereocenters. The van der Waals surface area contributed by atoms with Crippen LogP contribution in [-0.2, 0) is 4.79 Å². The third-order valence-electron chi connectivity index (χ3n) is 3.47. The van der Waals surface area contributed by atoms with Crippen LogP contribution in [0.15, 0.2) is 12.1 Å². The van der Waals surface area contributed by atoms with Gasteiger partial charge in [0.2, 0.25) is 5.91 Å². The number of carbonyl (C=O) groups excluding carboxylic acids is 1.